The fourth-order valence-electron chi connectivity index (χ4n) is 5.05. The van der Waals surface area contributed by atoms with Crippen molar-refractivity contribution in [2.75, 3.05) is 16.4 Å². The summed E-state index contributed by atoms with van der Waals surface area (Å²) in [7, 11) is 0. The van der Waals surface area contributed by atoms with Crippen molar-refractivity contribution in [3.05, 3.63) is 161 Å². The van der Waals surface area contributed by atoms with Gasteiger partial charge in [0.2, 0.25) is 0 Å². The molecule has 0 unspecified atom stereocenters. The molecule has 45 heavy (non-hydrogen) atoms. The first-order chi connectivity index (χ1) is 22.2. The minimum Gasteiger partial charge on any atom is -0.462 e. The van der Waals surface area contributed by atoms with E-state index in [0.29, 0.717) is 5.57 Å². The zero-order valence-corrected chi connectivity index (χ0v) is 26.2. The third-order valence-corrected chi connectivity index (χ3v) is 9.19. The Labute approximate surface area is 271 Å². The Morgan fingerprint density at radius 2 is 0.956 bits per heavy atom. The third kappa shape index (κ3) is 6.43. The molecule has 0 spiro atoms. The maximum atomic E-state index is 13.2. The van der Waals surface area contributed by atoms with Gasteiger partial charge in [0.25, 0.3) is 0 Å². The summed E-state index contributed by atoms with van der Waals surface area (Å²) in [5.74, 6) is -0.633. The van der Waals surface area contributed by atoms with Gasteiger partial charge in [-0.1, -0.05) is 72.8 Å². The molecular formula is C38H29N3O2S2. The van der Waals surface area contributed by atoms with Crippen molar-refractivity contribution < 1.29 is 9.53 Å². The number of hydrogen-bond acceptors (Lipinski definition) is 7. The lowest BCUT2D eigenvalue weighted by molar-refractivity contribution is -0.137. The first-order valence-electron chi connectivity index (χ1n) is 14.5. The van der Waals surface area contributed by atoms with E-state index in [0.717, 1.165) is 42.5 Å². The van der Waals surface area contributed by atoms with Gasteiger partial charge in [-0.3, -0.25) is 0 Å². The normalized spacial score (nSPS) is 10.5. The summed E-state index contributed by atoms with van der Waals surface area (Å²) >= 11 is 3.05. The summed E-state index contributed by atoms with van der Waals surface area (Å²) in [6, 6.07) is 50.8. The number of anilines is 6. The second kappa shape index (κ2) is 13.9. The highest BCUT2D eigenvalue weighted by atomic mass is 32.1. The minimum atomic E-state index is -0.633. The standard InChI is InChI=1S/C38H29N3O2S2/c1-2-43-38(42)32(27-39)37(33-23-25-35(44-33)40(28-15-7-3-8-16-28)29-17-9-4-10-18-29)34-24-26-36(45-34)41(30-19-11-5-12-20-30)31-21-13-6-14-22-31/h3-26H,2H2,1H3. The van der Waals surface area contributed by atoms with Crippen LogP contribution in [0.15, 0.2) is 151 Å². The summed E-state index contributed by atoms with van der Waals surface area (Å²) in [4.78, 5) is 19.2. The Kier molecular flexibility index (Phi) is 9.16. The van der Waals surface area contributed by atoms with Gasteiger partial charge in [0.1, 0.15) is 21.6 Å². The number of benzene rings is 4. The van der Waals surface area contributed by atoms with Crippen LogP contribution in [0.3, 0.4) is 0 Å². The molecule has 0 amide bonds. The molecule has 2 aromatic heterocycles. The Bertz CT molecular complexity index is 1740. The fraction of sp³-hybridized carbons (Fsp3) is 0.0526. The molecule has 4 aromatic carbocycles. The molecule has 5 nitrogen and oxygen atoms in total. The molecule has 7 heteroatoms. The van der Waals surface area contributed by atoms with Crippen LogP contribution < -0.4 is 9.80 Å². The monoisotopic (exact) mass is 623 g/mol. The molecular weight excluding hydrogens is 595 g/mol. The molecule has 0 saturated heterocycles. The molecule has 0 aliphatic rings. The molecule has 0 radical (unpaired) electrons. The van der Waals surface area contributed by atoms with Crippen molar-refractivity contribution in [1.29, 1.82) is 5.26 Å². The highest BCUT2D eigenvalue weighted by Gasteiger charge is 2.25. The summed E-state index contributed by atoms with van der Waals surface area (Å²) < 4.78 is 5.37. The highest BCUT2D eigenvalue weighted by Crippen LogP contribution is 2.46. The molecule has 0 aliphatic heterocycles. The van der Waals surface area contributed by atoms with Crippen molar-refractivity contribution >= 4 is 67.0 Å². The summed E-state index contributed by atoms with van der Waals surface area (Å²) in [5, 5.41) is 12.2. The lowest BCUT2D eigenvalue weighted by Crippen LogP contribution is -2.09. The number of thiophene rings is 2. The topological polar surface area (TPSA) is 56.6 Å². The van der Waals surface area contributed by atoms with Crippen molar-refractivity contribution in [2.24, 2.45) is 0 Å². The van der Waals surface area contributed by atoms with Gasteiger partial charge >= 0.3 is 5.97 Å². The van der Waals surface area contributed by atoms with Gasteiger partial charge in [0.05, 0.1) is 6.61 Å². The molecule has 0 aliphatic carbocycles. The zero-order chi connectivity index (χ0) is 31.0. The van der Waals surface area contributed by atoms with Crippen LogP contribution in [0.25, 0.3) is 5.57 Å². The molecule has 220 valence electrons. The third-order valence-electron chi connectivity index (χ3n) is 7.02. The Hall–Kier alpha value is -5.42. The van der Waals surface area contributed by atoms with Crippen LogP contribution in [0.1, 0.15) is 16.7 Å². The fourth-order valence-corrected chi connectivity index (χ4v) is 7.35. The van der Waals surface area contributed by atoms with E-state index in [-0.39, 0.29) is 12.2 Å². The maximum Gasteiger partial charge on any atom is 0.349 e. The Morgan fingerprint density at radius 3 is 1.27 bits per heavy atom. The first-order valence-corrected chi connectivity index (χ1v) is 16.1. The van der Waals surface area contributed by atoms with Crippen LogP contribution in [0.2, 0.25) is 0 Å². The number of esters is 1. The molecule has 0 saturated carbocycles. The Balaban J connectivity index is 1.49. The van der Waals surface area contributed by atoms with Crippen molar-refractivity contribution in [3.8, 4) is 6.07 Å². The molecule has 0 fully saturated rings. The van der Waals surface area contributed by atoms with Gasteiger partial charge in [-0.2, -0.15) is 5.26 Å². The van der Waals surface area contributed by atoms with Gasteiger partial charge in [-0.05, 0) is 79.7 Å². The van der Waals surface area contributed by atoms with Crippen molar-refractivity contribution in [3.63, 3.8) is 0 Å². The number of nitrogens with zero attached hydrogens (tertiary/aromatic N) is 3. The van der Waals surface area contributed by atoms with Crippen LogP contribution in [0.5, 0.6) is 0 Å². The molecule has 6 aromatic rings. The van der Waals surface area contributed by atoms with Crippen LogP contribution in [0, 0.1) is 11.3 Å². The average molecular weight is 624 g/mol. The predicted octanol–water partition coefficient (Wildman–Crippen LogP) is 10.6. The lowest BCUT2D eigenvalue weighted by Gasteiger charge is -2.23. The van der Waals surface area contributed by atoms with Crippen LogP contribution in [-0.4, -0.2) is 12.6 Å². The zero-order valence-electron chi connectivity index (χ0n) is 24.5. The van der Waals surface area contributed by atoms with Crippen molar-refractivity contribution in [2.45, 2.75) is 6.92 Å². The minimum absolute atomic E-state index is 0.0180. The van der Waals surface area contributed by atoms with Gasteiger partial charge in [0.15, 0.2) is 0 Å². The van der Waals surface area contributed by atoms with Crippen LogP contribution in [-0.2, 0) is 9.53 Å². The van der Waals surface area contributed by atoms with Crippen LogP contribution in [0.4, 0.5) is 32.8 Å². The second-order valence-electron chi connectivity index (χ2n) is 9.87. The number of carbonyl (C=O) groups excluding carboxylic acids is 1. The summed E-state index contributed by atoms with van der Waals surface area (Å²) in [5.41, 5.74) is 4.57. The number of nitriles is 1. The van der Waals surface area contributed by atoms with Crippen LogP contribution >= 0.6 is 22.7 Å². The molecule has 6 rings (SSSR count). The van der Waals surface area contributed by atoms with E-state index in [2.05, 4.69) is 64.4 Å². The quantitative estimate of drug-likeness (QED) is 0.0863. The Morgan fingerprint density at radius 1 is 0.600 bits per heavy atom. The van der Waals surface area contributed by atoms with Gasteiger partial charge < -0.3 is 14.5 Å². The predicted molar refractivity (Wildman–Crippen MR) is 186 cm³/mol. The number of carbonyl (C=O) groups is 1. The average Bonchev–Trinajstić information content (AvgIpc) is 3.77. The largest absolute Gasteiger partial charge is 0.462 e. The number of hydrogen-bond donors (Lipinski definition) is 0. The van der Waals surface area contributed by atoms with E-state index in [1.807, 2.05) is 97.1 Å². The second-order valence-corrected chi connectivity index (χ2v) is 12.0. The van der Waals surface area contributed by atoms with E-state index in [4.69, 9.17) is 4.74 Å². The lowest BCUT2D eigenvalue weighted by atomic mass is 10.1. The molecule has 0 atom stereocenters. The molecule has 2 heterocycles. The molecule has 0 bridgehead atoms. The SMILES string of the molecule is CCOC(=O)C(C#N)=C(c1ccc(N(c2ccccc2)c2ccccc2)s1)c1ccc(N(c2ccccc2)c2ccccc2)s1. The van der Waals surface area contributed by atoms with Crippen molar-refractivity contribution in [1.82, 2.24) is 0 Å². The highest BCUT2D eigenvalue weighted by molar-refractivity contribution is 7.19. The molecule has 0 N–H and O–H groups in total. The number of rotatable bonds is 10. The van der Waals surface area contributed by atoms with Gasteiger partial charge in [0, 0.05) is 38.1 Å². The summed E-state index contributed by atoms with van der Waals surface area (Å²) in [6.45, 7) is 1.92. The van der Waals surface area contributed by atoms with E-state index < -0.39 is 5.97 Å². The number of ether oxygens (including phenoxy) is 1. The number of para-hydroxylation sites is 4. The van der Waals surface area contributed by atoms with E-state index in [1.54, 1.807) is 6.92 Å². The van der Waals surface area contributed by atoms with Gasteiger partial charge in [-0.25, -0.2) is 4.79 Å². The van der Waals surface area contributed by atoms with Gasteiger partial charge in [-0.15, -0.1) is 22.7 Å². The summed E-state index contributed by atoms with van der Waals surface area (Å²) in [6.07, 6.45) is 0. The first kappa shape index (κ1) is 29.6. The van der Waals surface area contributed by atoms with E-state index >= 15 is 0 Å². The van der Waals surface area contributed by atoms with E-state index in [9.17, 15) is 10.1 Å². The maximum absolute atomic E-state index is 13.2. The van der Waals surface area contributed by atoms with E-state index in [1.165, 1.54) is 22.7 Å². The smallest absolute Gasteiger partial charge is 0.349 e.